The Balaban J connectivity index is 0.000000199. The molecule has 14 unspecified atom stereocenters. The van der Waals surface area contributed by atoms with E-state index in [-0.39, 0.29) is 76.7 Å². The molecular formula is C124H188Br2Cl2N4O6P2Ru+2. The number of amides is 2. The Morgan fingerprint density at radius 2 is 0.709 bits per heavy atom. The molecule has 2 aromatic heterocycles. The molecule has 17 heteroatoms. The number of halogens is 4. The van der Waals surface area contributed by atoms with Gasteiger partial charge in [0.15, 0.2) is 0 Å². The summed E-state index contributed by atoms with van der Waals surface area (Å²) < 4.78 is 15.0. The van der Waals surface area contributed by atoms with Gasteiger partial charge >= 0.3 is 85.3 Å². The van der Waals surface area contributed by atoms with Crippen molar-refractivity contribution in [3.63, 3.8) is 0 Å². The molecule has 19 rings (SSSR count). The zero-order valence-corrected chi connectivity index (χ0v) is 92.4. The molecule has 2 heterocycles. The number of ether oxygens (including phenoxy) is 2. The van der Waals surface area contributed by atoms with Crippen LogP contribution >= 0.6 is 67.1 Å². The molecule has 5 aromatic carbocycles. The van der Waals surface area contributed by atoms with Gasteiger partial charge in [0.05, 0.1) is 48.2 Å². The molecule has 2 N–H and O–H groups in total. The molecule has 14 atom stereocenters. The summed E-state index contributed by atoms with van der Waals surface area (Å²) in [5.74, 6) is 6.33. The summed E-state index contributed by atoms with van der Waals surface area (Å²) in [5.41, 5.74) is 12.5. The summed E-state index contributed by atoms with van der Waals surface area (Å²) in [4.78, 5) is 49.8. The number of hydrogen-bond donors (Lipinski definition) is 2. The van der Waals surface area contributed by atoms with Crippen LogP contribution < -0.4 is 10.6 Å². The first-order chi connectivity index (χ1) is 65.7. The molecule has 0 aliphatic heterocycles. The van der Waals surface area contributed by atoms with E-state index in [0.717, 1.165) is 62.1 Å². The molecule has 784 valence electrons. The van der Waals surface area contributed by atoms with Crippen LogP contribution in [0.3, 0.4) is 0 Å². The Hall–Kier alpha value is -4.83. The number of benzene rings is 5. The minimum atomic E-state index is -1.61. The number of alkyl halides is 2. The summed E-state index contributed by atoms with van der Waals surface area (Å²) in [5, 5.41) is 11.7. The van der Waals surface area contributed by atoms with E-state index in [9.17, 15) is 19.2 Å². The van der Waals surface area contributed by atoms with E-state index >= 15 is 0 Å². The van der Waals surface area contributed by atoms with E-state index in [1.807, 2.05) is 62.6 Å². The fraction of sp³-hybridized carbons (Fsp3) is 0.637. The van der Waals surface area contributed by atoms with E-state index in [4.69, 9.17) is 28.9 Å². The first kappa shape index (κ1) is 120. The van der Waals surface area contributed by atoms with Crippen molar-refractivity contribution in [3.05, 3.63) is 195 Å². The van der Waals surface area contributed by atoms with E-state index < -0.39 is 33.0 Å². The van der Waals surface area contributed by atoms with Crippen LogP contribution in [-0.4, -0.2) is 107 Å². The van der Waals surface area contributed by atoms with E-state index in [1.54, 1.807) is 206 Å². The van der Waals surface area contributed by atoms with Gasteiger partial charge in [-0.3, -0.25) is 19.2 Å². The maximum atomic E-state index is 13.3. The van der Waals surface area contributed by atoms with Gasteiger partial charge in [-0.15, -0.1) is 13.2 Å². The molecule has 10 fully saturated rings. The number of carbonyl (C=O) groups excluding carboxylic acids is 4. The number of hydrogen-bond acceptors (Lipinski definition) is 6. The van der Waals surface area contributed by atoms with Crippen LogP contribution in [0.4, 0.5) is 0 Å². The van der Waals surface area contributed by atoms with Gasteiger partial charge in [0.25, 0.3) is 0 Å². The average molecular weight is 2220 g/mol. The fourth-order valence-corrected chi connectivity index (χ4v) is 41.7. The Labute approximate surface area is 888 Å². The summed E-state index contributed by atoms with van der Waals surface area (Å²) in [7, 11) is 14.0. The van der Waals surface area contributed by atoms with E-state index in [1.165, 1.54) is 124 Å². The van der Waals surface area contributed by atoms with Gasteiger partial charge in [0.1, 0.15) is 8.65 Å². The Morgan fingerprint density at radius 1 is 0.390 bits per heavy atom. The molecule has 7 aromatic rings. The summed E-state index contributed by atoms with van der Waals surface area (Å²) in [6, 6.07) is 45.1. The minimum absolute atomic E-state index is 0. The fourth-order valence-electron chi connectivity index (χ4n) is 27.7. The quantitative estimate of drug-likeness (QED) is 0.0174. The van der Waals surface area contributed by atoms with Crippen LogP contribution in [0.15, 0.2) is 189 Å². The van der Waals surface area contributed by atoms with Crippen LogP contribution in [0.5, 0.6) is 0 Å². The number of fused-ring (bicyclic) bond motifs is 10. The number of allylic oxidation sites excluding steroid dienone is 8. The van der Waals surface area contributed by atoms with Crippen LogP contribution in [0, 0.1) is 81.8 Å². The van der Waals surface area contributed by atoms with Crippen molar-refractivity contribution in [2.24, 2.45) is 81.8 Å². The van der Waals surface area contributed by atoms with Crippen molar-refractivity contribution in [1.29, 1.82) is 0 Å². The first-order valence-corrected chi connectivity index (χ1v) is 64.2. The molecular weight excluding hydrogens is 2040 g/mol. The third kappa shape index (κ3) is 32.4. The molecule has 141 heavy (non-hydrogen) atoms. The van der Waals surface area contributed by atoms with Crippen LogP contribution in [0.2, 0.25) is 0 Å². The first-order valence-electron chi connectivity index (χ1n) is 53.7. The number of para-hydroxylation sites is 4. The van der Waals surface area contributed by atoms with Crippen LogP contribution in [0.1, 0.15) is 341 Å². The van der Waals surface area contributed by atoms with Gasteiger partial charge in [-0.05, 0) is 327 Å². The average Bonchev–Trinajstić information content (AvgIpc) is 1.60. The molecule has 4 bridgehead atoms. The molecule has 10 nitrogen and oxygen atoms in total. The number of methoxy groups -OCH3 is 2. The predicted molar refractivity (Wildman–Crippen MR) is 622 cm³/mol. The Kier molecular flexibility index (Phi) is 49.1. The SMILES string of the molecule is C.C.C.C.C.C1=CC2CC1CC2Cn1c2ccccc2c2ccccc21.C1CCC([PH+](C2CCCCC2)C2CCCCC2)CC1.C1CCC([PH+](C2CCCCC2)C2CCCCC2)CC1.C=CC1CC(/C=C\C2CC(C=C)C(Cn3c4ccccc4c4ccccc43)C2)C(CNC(=O)C(C)(C)CC(C)(Br)C(=O)OC)C1.COC(=O)C(C)(Br)CC(C)(C)C(=O)NCC1CC2C=CC1C2.[Cl][Ru]([Cl])=[CH]c1ccccc1. The number of nitrogens with zero attached hydrogens (tertiary/aromatic N) is 2. The van der Waals surface area contributed by atoms with Crippen LogP contribution in [-0.2, 0) is 55.3 Å². The number of nitrogens with one attached hydrogen (secondary N) is 2. The second-order valence-corrected chi connectivity index (χ2v) is 61.3. The third-order valence-electron chi connectivity index (χ3n) is 34.4. The molecule has 12 aliphatic rings. The van der Waals surface area contributed by atoms with Gasteiger partial charge in [0.2, 0.25) is 11.8 Å². The van der Waals surface area contributed by atoms with Crippen molar-refractivity contribution in [2.75, 3.05) is 27.3 Å². The normalized spacial score (nSPS) is 25.7. The zero-order valence-electron chi connectivity index (χ0n) is 83.9. The van der Waals surface area contributed by atoms with Gasteiger partial charge < -0.3 is 29.2 Å². The van der Waals surface area contributed by atoms with E-state index in [0.29, 0.717) is 72.6 Å². The van der Waals surface area contributed by atoms with Gasteiger partial charge in [-0.1, -0.05) is 257 Å². The second-order valence-electron chi connectivity index (χ2n) is 45.2. The van der Waals surface area contributed by atoms with Crippen molar-refractivity contribution in [2.45, 2.75) is 391 Å². The third-order valence-corrected chi connectivity index (χ3v) is 46.6. The van der Waals surface area contributed by atoms with Crippen molar-refractivity contribution >= 4 is 139 Å². The molecule has 10 saturated carbocycles. The summed E-state index contributed by atoms with van der Waals surface area (Å²) in [6.45, 7) is 22.8. The number of aromatic nitrogens is 2. The van der Waals surface area contributed by atoms with Crippen molar-refractivity contribution in [1.82, 2.24) is 19.8 Å². The summed E-state index contributed by atoms with van der Waals surface area (Å²) >= 11 is 5.25. The Bertz CT molecular complexity index is 4890. The molecule has 0 spiro atoms. The number of esters is 2. The number of rotatable bonds is 27. The van der Waals surface area contributed by atoms with Gasteiger partial charge in [0, 0.05) is 96.5 Å². The van der Waals surface area contributed by atoms with Crippen LogP contribution in [0.25, 0.3) is 43.6 Å². The maximum absolute atomic E-state index is 13.3. The topological polar surface area (TPSA) is 121 Å². The molecule has 2 amide bonds. The van der Waals surface area contributed by atoms with E-state index in [2.05, 4.69) is 210 Å². The molecule has 12 aliphatic carbocycles. The van der Waals surface area contributed by atoms with Gasteiger partial charge in [-0.2, -0.15) is 0 Å². The monoisotopic (exact) mass is 2220 g/mol. The molecule has 0 radical (unpaired) electrons. The Morgan fingerprint density at radius 3 is 1.03 bits per heavy atom. The number of carbonyl (C=O) groups is 4. The van der Waals surface area contributed by atoms with Gasteiger partial charge in [-0.25, -0.2) is 0 Å². The standard InChI is InChI=1S/C39H49BrN2O3.C20H19N.2C18H33P.C17H26BrNO3.C7H6.5CH4.2ClH.Ru/c1-7-26-19-29(30(20-26)23-41-36(43)38(3,4)25-39(5,40)37(44)45-6)18-17-27-21-28(8-2)31(22-27)24-42-34-15-11-9-13-32(34)33-14-10-12-16-35(33)42;1-3-7-19-17(5-1)18-6-2-4-8-20(18)21(19)13-16-12-14-9-10-15(16)11-14;2*1-4-10-16(11-5-1)19(17-12-6-2-7-13-17)18-14-8-3-9-15-18;1-16(2,10-17(3,18)15(21)22-4)14(20)19-9-13-8-11-5-6-12(13)7-11;1-7-5-3-2-4-6-7;;;;;;;;/h7-18,26-31H,1-2,19-25H2,3-6H3,(H,41,43);1-10,14-16H,11-13H2;2*16-18H,1-15H2;5-6,11-13H,7-10H2,1-4H3,(H,19,20);1-6H;5*1H4;2*1H;/q;;;;;;;;;;;;;+2/b18-17-;;;;;;;;;;;;;. The zero-order chi connectivity index (χ0) is 95.9. The second kappa shape index (κ2) is 57.8. The predicted octanol–water partition coefficient (Wildman–Crippen LogP) is 35.3. The summed E-state index contributed by atoms with van der Waals surface area (Å²) in [6.07, 6.45) is 76.5. The molecule has 0 saturated heterocycles. The van der Waals surface area contributed by atoms with Crippen molar-refractivity contribution in [3.8, 4) is 0 Å². The van der Waals surface area contributed by atoms with Crippen molar-refractivity contribution < 1.29 is 42.2 Å².